The van der Waals surface area contributed by atoms with Gasteiger partial charge in [-0.15, -0.1) is 0 Å². The lowest BCUT2D eigenvalue weighted by molar-refractivity contribution is 0.871. The molecule has 0 amide bonds. The molecule has 0 bridgehead atoms. The number of H-pyrrole nitrogens is 1. The highest BCUT2D eigenvalue weighted by atomic mass is 15.1. The molecule has 1 unspecified atom stereocenters. The van der Waals surface area contributed by atoms with Crippen LogP contribution in [-0.2, 0) is 0 Å². The fourth-order valence-electron chi connectivity index (χ4n) is 2.85. The molecule has 0 saturated carbocycles. The SMILES string of the molecule is Cc1cc(C)c(C(C)Nc2cccc3cn[nH]c23)cc1C. The Kier molecular flexibility index (Phi) is 3.42. The van der Waals surface area contributed by atoms with Crippen LogP contribution in [0.5, 0.6) is 0 Å². The third kappa shape index (κ3) is 2.51. The van der Waals surface area contributed by atoms with Gasteiger partial charge < -0.3 is 5.32 Å². The van der Waals surface area contributed by atoms with Crippen LogP contribution in [0.4, 0.5) is 5.69 Å². The largest absolute Gasteiger partial charge is 0.377 e. The van der Waals surface area contributed by atoms with Gasteiger partial charge in [0.05, 0.1) is 17.4 Å². The van der Waals surface area contributed by atoms with Crippen LogP contribution in [0.25, 0.3) is 10.9 Å². The minimum atomic E-state index is 0.248. The van der Waals surface area contributed by atoms with E-state index in [0.29, 0.717) is 0 Å². The Balaban J connectivity index is 1.95. The third-order valence-electron chi connectivity index (χ3n) is 4.20. The van der Waals surface area contributed by atoms with Crippen molar-refractivity contribution in [2.75, 3.05) is 5.32 Å². The van der Waals surface area contributed by atoms with E-state index in [-0.39, 0.29) is 6.04 Å². The van der Waals surface area contributed by atoms with Crippen LogP contribution in [0.3, 0.4) is 0 Å². The molecule has 108 valence electrons. The number of hydrogen-bond donors (Lipinski definition) is 2. The Morgan fingerprint density at radius 2 is 1.81 bits per heavy atom. The number of hydrogen-bond acceptors (Lipinski definition) is 2. The lowest BCUT2D eigenvalue weighted by atomic mass is 9.96. The number of fused-ring (bicyclic) bond motifs is 1. The number of aryl methyl sites for hydroxylation is 3. The van der Waals surface area contributed by atoms with Gasteiger partial charge in [-0.3, -0.25) is 5.10 Å². The van der Waals surface area contributed by atoms with Gasteiger partial charge >= 0.3 is 0 Å². The van der Waals surface area contributed by atoms with Crippen molar-refractivity contribution in [1.29, 1.82) is 0 Å². The second-order valence-electron chi connectivity index (χ2n) is 5.80. The standard InChI is InChI=1S/C18H21N3/c1-11-8-13(3)16(9-12(11)2)14(4)20-17-7-5-6-15-10-19-21-18(15)17/h5-10,14,20H,1-4H3,(H,19,21). The summed E-state index contributed by atoms with van der Waals surface area (Å²) >= 11 is 0. The quantitative estimate of drug-likeness (QED) is 0.732. The molecule has 0 aliphatic carbocycles. The number of aromatic nitrogens is 2. The zero-order chi connectivity index (χ0) is 15.0. The highest BCUT2D eigenvalue weighted by Gasteiger charge is 2.12. The molecule has 0 radical (unpaired) electrons. The maximum atomic E-state index is 4.12. The molecule has 2 N–H and O–H groups in total. The summed E-state index contributed by atoms with van der Waals surface area (Å²) in [4.78, 5) is 0. The first kappa shape index (κ1) is 13.7. The molecule has 0 aliphatic rings. The van der Waals surface area contributed by atoms with Crippen LogP contribution >= 0.6 is 0 Å². The molecule has 0 spiro atoms. The molecular weight excluding hydrogens is 258 g/mol. The summed E-state index contributed by atoms with van der Waals surface area (Å²) in [5.74, 6) is 0. The summed E-state index contributed by atoms with van der Waals surface area (Å²) < 4.78 is 0. The molecule has 2 aromatic carbocycles. The van der Waals surface area contributed by atoms with Crippen LogP contribution < -0.4 is 5.32 Å². The summed E-state index contributed by atoms with van der Waals surface area (Å²) in [7, 11) is 0. The van der Waals surface area contributed by atoms with Crippen LogP contribution in [-0.4, -0.2) is 10.2 Å². The molecule has 1 atom stereocenters. The van der Waals surface area contributed by atoms with Gasteiger partial charge in [0.1, 0.15) is 0 Å². The molecule has 3 heteroatoms. The van der Waals surface area contributed by atoms with E-state index in [1.807, 2.05) is 6.20 Å². The third-order valence-corrected chi connectivity index (χ3v) is 4.20. The van der Waals surface area contributed by atoms with E-state index in [1.165, 1.54) is 22.3 Å². The molecule has 0 aliphatic heterocycles. The van der Waals surface area contributed by atoms with Crippen molar-refractivity contribution in [3.05, 3.63) is 58.8 Å². The van der Waals surface area contributed by atoms with Gasteiger partial charge in [0.2, 0.25) is 0 Å². The highest BCUT2D eigenvalue weighted by molar-refractivity contribution is 5.90. The predicted octanol–water partition coefficient (Wildman–Crippen LogP) is 4.66. The summed E-state index contributed by atoms with van der Waals surface area (Å²) in [6, 6.07) is 11.0. The maximum absolute atomic E-state index is 4.12. The summed E-state index contributed by atoms with van der Waals surface area (Å²) in [6.45, 7) is 8.71. The number of nitrogens with one attached hydrogen (secondary N) is 2. The Hall–Kier alpha value is -2.29. The van der Waals surface area contributed by atoms with Gasteiger partial charge in [0.15, 0.2) is 0 Å². The zero-order valence-electron chi connectivity index (χ0n) is 13.0. The van der Waals surface area contributed by atoms with Gasteiger partial charge in [0.25, 0.3) is 0 Å². The number of nitrogens with zero attached hydrogens (tertiary/aromatic N) is 1. The van der Waals surface area contributed by atoms with E-state index < -0.39 is 0 Å². The predicted molar refractivity (Wildman–Crippen MR) is 88.8 cm³/mol. The van der Waals surface area contributed by atoms with E-state index in [4.69, 9.17) is 0 Å². The molecular formula is C18H21N3. The summed E-state index contributed by atoms with van der Waals surface area (Å²) in [5.41, 5.74) is 7.51. The topological polar surface area (TPSA) is 40.7 Å². The Morgan fingerprint density at radius 3 is 2.62 bits per heavy atom. The van der Waals surface area contributed by atoms with Crippen molar-refractivity contribution in [3.8, 4) is 0 Å². The first-order valence-electron chi connectivity index (χ1n) is 7.32. The summed E-state index contributed by atoms with van der Waals surface area (Å²) in [5, 5.41) is 11.9. The van der Waals surface area contributed by atoms with Gasteiger partial charge in [-0.1, -0.05) is 24.3 Å². The zero-order valence-corrected chi connectivity index (χ0v) is 13.0. The molecule has 3 nitrogen and oxygen atoms in total. The normalized spacial score (nSPS) is 12.6. The maximum Gasteiger partial charge on any atom is 0.0881 e. The van der Waals surface area contributed by atoms with E-state index >= 15 is 0 Å². The van der Waals surface area contributed by atoms with Crippen LogP contribution in [0.2, 0.25) is 0 Å². The van der Waals surface area contributed by atoms with Gasteiger partial charge in [0, 0.05) is 11.4 Å². The molecule has 1 heterocycles. The molecule has 0 fully saturated rings. The fraction of sp³-hybridized carbons (Fsp3) is 0.278. The van der Waals surface area contributed by atoms with Crippen molar-refractivity contribution in [3.63, 3.8) is 0 Å². The Bertz CT molecular complexity index is 786. The van der Waals surface area contributed by atoms with E-state index in [1.54, 1.807) is 0 Å². The minimum absolute atomic E-state index is 0.248. The molecule has 3 rings (SSSR count). The van der Waals surface area contributed by atoms with Crippen molar-refractivity contribution >= 4 is 16.6 Å². The van der Waals surface area contributed by atoms with E-state index in [0.717, 1.165) is 16.6 Å². The van der Waals surface area contributed by atoms with Crippen molar-refractivity contribution in [2.24, 2.45) is 0 Å². The van der Waals surface area contributed by atoms with Crippen LogP contribution in [0.15, 0.2) is 36.5 Å². The van der Waals surface area contributed by atoms with Gasteiger partial charge in [-0.2, -0.15) is 5.10 Å². The first-order chi connectivity index (χ1) is 10.1. The van der Waals surface area contributed by atoms with Crippen LogP contribution in [0, 0.1) is 20.8 Å². The van der Waals surface area contributed by atoms with E-state index in [9.17, 15) is 0 Å². The molecule has 1 aromatic heterocycles. The van der Waals surface area contributed by atoms with E-state index in [2.05, 4.69) is 73.5 Å². The average molecular weight is 279 g/mol. The average Bonchev–Trinajstić information content (AvgIpc) is 2.92. The van der Waals surface area contributed by atoms with Crippen molar-refractivity contribution in [1.82, 2.24) is 10.2 Å². The lowest BCUT2D eigenvalue weighted by Gasteiger charge is -2.20. The van der Waals surface area contributed by atoms with Gasteiger partial charge in [-0.25, -0.2) is 0 Å². The van der Waals surface area contributed by atoms with Crippen molar-refractivity contribution in [2.45, 2.75) is 33.7 Å². The van der Waals surface area contributed by atoms with Crippen molar-refractivity contribution < 1.29 is 0 Å². The first-order valence-corrected chi connectivity index (χ1v) is 7.32. The second-order valence-corrected chi connectivity index (χ2v) is 5.80. The number of aromatic amines is 1. The molecule has 21 heavy (non-hydrogen) atoms. The lowest BCUT2D eigenvalue weighted by Crippen LogP contribution is -2.09. The smallest absolute Gasteiger partial charge is 0.0881 e. The second kappa shape index (κ2) is 5.24. The monoisotopic (exact) mass is 279 g/mol. The number of para-hydroxylation sites is 1. The summed E-state index contributed by atoms with van der Waals surface area (Å²) in [6.07, 6.45) is 1.85. The molecule has 3 aromatic rings. The van der Waals surface area contributed by atoms with Crippen LogP contribution in [0.1, 0.15) is 35.2 Å². The Morgan fingerprint density at radius 1 is 1.05 bits per heavy atom. The molecule has 0 saturated heterocycles. The number of rotatable bonds is 3. The van der Waals surface area contributed by atoms with Gasteiger partial charge in [-0.05, 0) is 56.0 Å². The fourth-order valence-corrected chi connectivity index (χ4v) is 2.85. The number of anilines is 1. The minimum Gasteiger partial charge on any atom is -0.377 e. The highest BCUT2D eigenvalue weighted by Crippen LogP contribution is 2.28. The Labute approximate surface area is 125 Å². The number of benzene rings is 2.